The van der Waals surface area contributed by atoms with Crippen LogP contribution in [-0.2, 0) is 17.6 Å². The average Bonchev–Trinajstić information content (AvgIpc) is 3.22. The lowest BCUT2D eigenvalue weighted by Gasteiger charge is -2.13. The number of carbonyl (C=O) groups is 1. The van der Waals surface area contributed by atoms with E-state index in [9.17, 15) is 9.59 Å². The van der Waals surface area contributed by atoms with Crippen molar-refractivity contribution in [2.45, 2.75) is 30.8 Å². The number of thioether (sulfide) groups is 1. The quantitative estimate of drug-likeness (QED) is 0.168. The number of hydrogen-bond acceptors (Lipinski definition) is 6. The van der Waals surface area contributed by atoms with Crippen molar-refractivity contribution in [3.05, 3.63) is 86.0 Å². The van der Waals surface area contributed by atoms with E-state index in [2.05, 4.69) is 10.5 Å². The SMILES string of the molecule is O=C(CSc1nc2sc3c(c2c(=O)n1-c1ccccc1)CCCC3)N/N=C\c1cccc(Cl)c1. The molecule has 172 valence electrons. The van der Waals surface area contributed by atoms with E-state index >= 15 is 0 Å². The summed E-state index contributed by atoms with van der Waals surface area (Å²) in [6.45, 7) is 0. The van der Waals surface area contributed by atoms with Gasteiger partial charge in [-0.25, -0.2) is 10.4 Å². The highest BCUT2D eigenvalue weighted by atomic mass is 35.5. The maximum absolute atomic E-state index is 13.7. The summed E-state index contributed by atoms with van der Waals surface area (Å²) in [6, 6.07) is 16.6. The first kappa shape index (κ1) is 22.8. The summed E-state index contributed by atoms with van der Waals surface area (Å²) in [5.41, 5.74) is 5.12. The molecule has 5 rings (SSSR count). The Labute approximate surface area is 209 Å². The third-order valence-electron chi connectivity index (χ3n) is 5.56. The van der Waals surface area contributed by atoms with Crippen LogP contribution in [0.25, 0.3) is 15.9 Å². The van der Waals surface area contributed by atoms with Gasteiger partial charge in [-0.15, -0.1) is 11.3 Å². The molecule has 6 nitrogen and oxygen atoms in total. The number of nitrogens with one attached hydrogen (secondary N) is 1. The molecule has 0 spiro atoms. The zero-order valence-electron chi connectivity index (χ0n) is 18.2. The molecule has 1 amide bonds. The van der Waals surface area contributed by atoms with E-state index in [1.807, 2.05) is 42.5 Å². The van der Waals surface area contributed by atoms with Crippen LogP contribution in [0.5, 0.6) is 0 Å². The van der Waals surface area contributed by atoms with Crippen LogP contribution in [0.2, 0.25) is 5.02 Å². The molecule has 0 radical (unpaired) electrons. The molecule has 34 heavy (non-hydrogen) atoms. The summed E-state index contributed by atoms with van der Waals surface area (Å²) in [5, 5.41) is 5.82. The van der Waals surface area contributed by atoms with E-state index in [1.165, 1.54) is 22.9 Å². The molecule has 0 atom stereocenters. The molecule has 1 aliphatic rings. The summed E-state index contributed by atoms with van der Waals surface area (Å²) in [5.74, 6) is -0.217. The number of amides is 1. The van der Waals surface area contributed by atoms with Crippen molar-refractivity contribution in [2.75, 3.05) is 5.75 Å². The van der Waals surface area contributed by atoms with Crippen LogP contribution in [-0.4, -0.2) is 27.4 Å². The normalized spacial score (nSPS) is 13.3. The van der Waals surface area contributed by atoms with E-state index in [1.54, 1.807) is 28.0 Å². The zero-order valence-corrected chi connectivity index (χ0v) is 20.6. The predicted molar refractivity (Wildman–Crippen MR) is 140 cm³/mol. The van der Waals surface area contributed by atoms with Gasteiger partial charge in [0.05, 0.1) is 23.0 Å². The van der Waals surface area contributed by atoms with Crippen LogP contribution in [0, 0.1) is 0 Å². The number of aromatic nitrogens is 2. The summed E-state index contributed by atoms with van der Waals surface area (Å²) >= 11 is 8.80. The standard InChI is InChI=1S/C25H21ClN4O2S2/c26-17-8-6-7-16(13-17)14-27-29-21(31)15-33-25-28-23-22(19-11-4-5-12-20(19)34-23)24(32)30(25)18-9-2-1-3-10-18/h1-3,6-10,13-14H,4-5,11-12,15H2,(H,29,31)/b27-14-. The molecule has 4 aromatic rings. The fraction of sp³-hybridized carbons (Fsp3) is 0.200. The Morgan fingerprint density at radius 3 is 2.82 bits per heavy atom. The van der Waals surface area contributed by atoms with E-state index in [0.717, 1.165) is 52.7 Å². The van der Waals surface area contributed by atoms with E-state index in [0.29, 0.717) is 10.2 Å². The highest BCUT2D eigenvalue weighted by Gasteiger charge is 2.23. The molecular weight excluding hydrogens is 488 g/mol. The fourth-order valence-electron chi connectivity index (χ4n) is 4.02. The van der Waals surface area contributed by atoms with Crippen LogP contribution in [0.15, 0.2) is 69.6 Å². The third kappa shape index (κ3) is 4.80. The average molecular weight is 509 g/mol. The Bertz CT molecular complexity index is 1450. The lowest BCUT2D eigenvalue weighted by molar-refractivity contribution is -0.118. The Morgan fingerprint density at radius 1 is 1.18 bits per heavy atom. The van der Waals surface area contributed by atoms with Crippen molar-refractivity contribution < 1.29 is 4.79 Å². The van der Waals surface area contributed by atoms with Crippen LogP contribution < -0.4 is 11.0 Å². The number of thiophene rings is 1. The van der Waals surface area contributed by atoms with Crippen molar-refractivity contribution in [1.29, 1.82) is 0 Å². The van der Waals surface area contributed by atoms with Crippen molar-refractivity contribution in [2.24, 2.45) is 5.10 Å². The van der Waals surface area contributed by atoms with Crippen LogP contribution >= 0.6 is 34.7 Å². The first-order valence-corrected chi connectivity index (χ1v) is 13.1. The van der Waals surface area contributed by atoms with Gasteiger partial charge in [-0.3, -0.25) is 14.2 Å². The van der Waals surface area contributed by atoms with Gasteiger partial charge in [-0.1, -0.05) is 53.7 Å². The van der Waals surface area contributed by atoms with Gasteiger partial charge in [0.25, 0.3) is 11.5 Å². The number of benzene rings is 2. The van der Waals surface area contributed by atoms with Gasteiger partial charge in [0.2, 0.25) is 0 Å². The summed E-state index contributed by atoms with van der Waals surface area (Å²) in [4.78, 5) is 33.0. The highest BCUT2D eigenvalue weighted by molar-refractivity contribution is 7.99. The molecule has 0 unspecified atom stereocenters. The molecule has 1 aliphatic carbocycles. The maximum Gasteiger partial charge on any atom is 0.267 e. The van der Waals surface area contributed by atoms with Crippen molar-refractivity contribution in [1.82, 2.24) is 15.0 Å². The minimum absolute atomic E-state index is 0.0718. The smallest absolute Gasteiger partial charge is 0.267 e. The molecule has 2 heterocycles. The molecule has 0 fully saturated rings. The fourth-order valence-corrected chi connectivity index (χ4v) is 6.32. The van der Waals surface area contributed by atoms with Gasteiger partial charge in [0, 0.05) is 9.90 Å². The van der Waals surface area contributed by atoms with Crippen LogP contribution in [0.3, 0.4) is 0 Å². The van der Waals surface area contributed by atoms with Gasteiger partial charge in [-0.2, -0.15) is 5.10 Å². The second kappa shape index (κ2) is 10.1. The van der Waals surface area contributed by atoms with Gasteiger partial charge in [-0.05, 0) is 61.1 Å². The number of aryl methyl sites for hydroxylation is 2. The number of nitrogens with zero attached hydrogens (tertiary/aromatic N) is 3. The largest absolute Gasteiger partial charge is 0.272 e. The number of fused-ring (bicyclic) bond motifs is 3. The molecular formula is C25H21ClN4O2S2. The Kier molecular flexibility index (Phi) is 6.80. The predicted octanol–water partition coefficient (Wildman–Crippen LogP) is 5.22. The summed E-state index contributed by atoms with van der Waals surface area (Å²) in [7, 11) is 0. The molecule has 1 N–H and O–H groups in total. The van der Waals surface area contributed by atoms with Gasteiger partial charge in [0.1, 0.15) is 4.83 Å². The minimum atomic E-state index is -0.289. The van der Waals surface area contributed by atoms with Crippen LogP contribution in [0.4, 0.5) is 0 Å². The summed E-state index contributed by atoms with van der Waals surface area (Å²) in [6.07, 6.45) is 5.69. The van der Waals surface area contributed by atoms with Crippen molar-refractivity contribution in [3.63, 3.8) is 0 Å². The zero-order chi connectivity index (χ0) is 23.5. The molecule has 0 saturated carbocycles. The topological polar surface area (TPSA) is 76.3 Å². The molecule has 0 bridgehead atoms. The molecule has 0 aliphatic heterocycles. The van der Waals surface area contributed by atoms with Crippen molar-refractivity contribution in [3.8, 4) is 5.69 Å². The highest BCUT2D eigenvalue weighted by Crippen LogP contribution is 2.35. The van der Waals surface area contributed by atoms with Gasteiger partial charge in [0.15, 0.2) is 5.16 Å². The lowest BCUT2D eigenvalue weighted by atomic mass is 9.97. The van der Waals surface area contributed by atoms with Crippen LogP contribution in [0.1, 0.15) is 28.8 Å². The van der Waals surface area contributed by atoms with Crippen molar-refractivity contribution >= 4 is 57.0 Å². The van der Waals surface area contributed by atoms with Gasteiger partial charge < -0.3 is 0 Å². The van der Waals surface area contributed by atoms with E-state index in [-0.39, 0.29) is 17.2 Å². The Balaban J connectivity index is 1.42. The second-order valence-corrected chi connectivity index (χ2v) is 10.4. The third-order valence-corrected chi connectivity index (χ3v) is 7.92. The number of hydrazone groups is 1. The molecule has 9 heteroatoms. The Hall–Kier alpha value is -2.94. The lowest BCUT2D eigenvalue weighted by Crippen LogP contribution is -2.24. The maximum atomic E-state index is 13.7. The number of hydrogen-bond donors (Lipinski definition) is 1. The monoisotopic (exact) mass is 508 g/mol. The molecule has 0 saturated heterocycles. The van der Waals surface area contributed by atoms with Gasteiger partial charge >= 0.3 is 0 Å². The first-order valence-electron chi connectivity index (χ1n) is 10.9. The number of rotatable bonds is 6. The number of para-hydroxylation sites is 1. The molecule has 2 aromatic heterocycles. The minimum Gasteiger partial charge on any atom is -0.272 e. The molecule has 2 aromatic carbocycles. The second-order valence-electron chi connectivity index (χ2n) is 7.90. The van der Waals surface area contributed by atoms with E-state index < -0.39 is 0 Å². The Morgan fingerprint density at radius 2 is 2.00 bits per heavy atom. The number of halogens is 1. The van der Waals surface area contributed by atoms with E-state index in [4.69, 9.17) is 16.6 Å². The summed E-state index contributed by atoms with van der Waals surface area (Å²) < 4.78 is 1.62. The first-order chi connectivity index (χ1) is 16.6. The number of carbonyl (C=O) groups excluding carboxylic acids is 1.